The average Bonchev–Trinajstić information content (AvgIpc) is 3.07. The summed E-state index contributed by atoms with van der Waals surface area (Å²) in [5.41, 5.74) is 2.78. The maximum Gasteiger partial charge on any atom is 0.248 e. The highest BCUT2D eigenvalue weighted by Gasteiger charge is 2.34. The molecule has 1 amide bonds. The number of hydrogen-bond acceptors (Lipinski definition) is 6. The minimum absolute atomic E-state index is 0.0380. The van der Waals surface area contributed by atoms with Gasteiger partial charge in [0.1, 0.15) is 10.6 Å². The van der Waals surface area contributed by atoms with Gasteiger partial charge in [-0.05, 0) is 38.3 Å². The van der Waals surface area contributed by atoms with Crippen LogP contribution < -0.4 is 4.90 Å². The van der Waals surface area contributed by atoms with Crippen molar-refractivity contribution in [1.29, 1.82) is 0 Å². The van der Waals surface area contributed by atoms with Gasteiger partial charge in [0.25, 0.3) is 0 Å². The molecule has 0 N–H and O–H groups in total. The van der Waals surface area contributed by atoms with Gasteiger partial charge in [0.15, 0.2) is 5.76 Å². The molecule has 0 spiro atoms. The lowest BCUT2D eigenvalue weighted by molar-refractivity contribution is -0.130. The number of piperazine rings is 1. The van der Waals surface area contributed by atoms with Crippen LogP contribution in [0.1, 0.15) is 23.4 Å². The number of anilines is 1. The minimum Gasteiger partial charge on any atom is -0.362 e. The van der Waals surface area contributed by atoms with E-state index in [0.717, 1.165) is 25.1 Å². The zero-order chi connectivity index (χ0) is 20.6. The first-order chi connectivity index (χ1) is 13.9. The molecule has 1 saturated heterocycles. The summed E-state index contributed by atoms with van der Waals surface area (Å²) in [6.45, 7) is 5.73. The molecule has 8 nitrogen and oxygen atoms in total. The molecule has 3 heterocycles. The van der Waals surface area contributed by atoms with Crippen LogP contribution >= 0.6 is 0 Å². The number of nitrogens with zero attached hydrogens (tertiary/aromatic N) is 4. The number of aromatic nitrogens is 1. The molecule has 0 atom stereocenters. The van der Waals surface area contributed by atoms with E-state index < -0.39 is 10.0 Å². The molecular formula is C20H26N4O4S. The molecule has 0 aliphatic carbocycles. The lowest BCUT2D eigenvalue weighted by atomic mass is 10.0. The van der Waals surface area contributed by atoms with Crippen LogP contribution in [0.3, 0.4) is 0 Å². The number of carbonyl (C=O) groups excluding carboxylic acids is 1. The Labute approximate surface area is 171 Å². The molecule has 156 valence electrons. The highest BCUT2D eigenvalue weighted by molar-refractivity contribution is 7.89. The Kier molecular flexibility index (Phi) is 5.35. The molecule has 0 unspecified atom stereocenters. The zero-order valence-electron chi connectivity index (χ0n) is 16.8. The average molecular weight is 419 g/mol. The van der Waals surface area contributed by atoms with E-state index in [4.69, 9.17) is 4.52 Å². The predicted octanol–water partition coefficient (Wildman–Crippen LogP) is 1.58. The number of amides is 1. The lowest BCUT2D eigenvalue weighted by Crippen LogP contribution is -2.53. The Hall–Kier alpha value is -2.39. The maximum atomic E-state index is 12.9. The van der Waals surface area contributed by atoms with Crippen LogP contribution in [-0.4, -0.2) is 68.0 Å². The van der Waals surface area contributed by atoms with Crippen LogP contribution in [0.2, 0.25) is 0 Å². The summed E-state index contributed by atoms with van der Waals surface area (Å²) in [6, 6.07) is 8.21. The highest BCUT2D eigenvalue weighted by atomic mass is 32.2. The number of hydrogen-bond donors (Lipinski definition) is 0. The molecule has 9 heteroatoms. The van der Waals surface area contributed by atoms with Gasteiger partial charge in [-0.25, -0.2) is 8.42 Å². The van der Waals surface area contributed by atoms with E-state index in [2.05, 4.69) is 22.2 Å². The number of aryl methyl sites for hydroxylation is 3. The summed E-state index contributed by atoms with van der Waals surface area (Å²) in [7, 11) is -3.67. The smallest absolute Gasteiger partial charge is 0.248 e. The Bertz CT molecular complexity index is 990. The largest absolute Gasteiger partial charge is 0.362 e. The molecule has 1 aromatic carbocycles. The van der Waals surface area contributed by atoms with Crippen molar-refractivity contribution < 1.29 is 17.7 Å². The van der Waals surface area contributed by atoms with E-state index >= 15 is 0 Å². The molecule has 4 rings (SSSR count). The Morgan fingerprint density at radius 3 is 2.52 bits per heavy atom. The quantitative estimate of drug-likeness (QED) is 0.749. The van der Waals surface area contributed by atoms with Gasteiger partial charge in [-0.15, -0.1) is 0 Å². The van der Waals surface area contributed by atoms with Crippen molar-refractivity contribution in [3.8, 4) is 0 Å². The standard InChI is InChI=1S/C20H26N4O4S/c1-15-20(16(2)28-21-15)29(26,27)24-12-10-22(11-13-24)19(25)14-23-9-5-7-17-6-3-4-8-18(17)23/h3-4,6,8H,5,7,9-14H2,1-2H3. The highest BCUT2D eigenvalue weighted by Crippen LogP contribution is 2.27. The number of fused-ring (bicyclic) bond motifs is 1. The molecule has 29 heavy (non-hydrogen) atoms. The molecular weight excluding hydrogens is 392 g/mol. The Morgan fingerprint density at radius 1 is 1.10 bits per heavy atom. The lowest BCUT2D eigenvalue weighted by Gasteiger charge is -2.36. The van der Waals surface area contributed by atoms with Crippen LogP contribution in [0.5, 0.6) is 0 Å². The third-order valence-corrected chi connectivity index (χ3v) is 7.83. The summed E-state index contributed by atoms with van der Waals surface area (Å²) in [6.07, 6.45) is 2.08. The van der Waals surface area contributed by atoms with Crippen LogP contribution in [0.25, 0.3) is 0 Å². The number of para-hydroxylation sites is 1. The minimum atomic E-state index is -3.67. The molecule has 0 radical (unpaired) electrons. The Balaban J connectivity index is 1.40. The van der Waals surface area contributed by atoms with Crippen molar-refractivity contribution >= 4 is 21.6 Å². The van der Waals surface area contributed by atoms with Crippen molar-refractivity contribution in [3.63, 3.8) is 0 Å². The fraction of sp³-hybridized carbons (Fsp3) is 0.500. The summed E-state index contributed by atoms with van der Waals surface area (Å²) in [5.74, 6) is 0.334. The molecule has 1 fully saturated rings. The van der Waals surface area contributed by atoms with E-state index in [9.17, 15) is 13.2 Å². The van der Waals surface area contributed by atoms with Crippen LogP contribution in [-0.2, 0) is 21.2 Å². The van der Waals surface area contributed by atoms with Gasteiger partial charge in [0.2, 0.25) is 15.9 Å². The third-order valence-electron chi connectivity index (χ3n) is 5.69. The van der Waals surface area contributed by atoms with Crippen LogP contribution in [0.15, 0.2) is 33.7 Å². The topological polar surface area (TPSA) is 87.0 Å². The first kappa shape index (κ1) is 19.9. The molecule has 2 aliphatic rings. The normalized spacial score (nSPS) is 18.0. The fourth-order valence-corrected chi connectivity index (χ4v) is 5.90. The van der Waals surface area contributed by atoms with Gasteiger partial charge in [-0.3, -0.25) is 4.79 Å². The fourth-order valence-electron chi connectivity index (χ4n) is 4.19. The van der Waals surface area contributed by atoms with E-state index in [1.54, 1.807) is 18.7 Å². The number of carbonyl (C=O) groups is 1. The molecule has 1 aromatic heterocycles. The monoisotopic (exact) mass is 418 g/mol. The van der Waals surface area contributed by atoms with Crippen molar-refractivity contribution in [1.82, 2.24) is 14.4 Å². The number of sulfonamides is 1. The van der Waals surface area contributed by atoms with E-state index in [1.807, 2.05) is 12.1 Å². The summed E-state index contributed by atoms with van der Waals surface area (Å²) < 4.78 is 32.3. The second-order valence-electron chi connectivity index (χ2n) is 7.59. The van der Waals surface area contributed by atoms with Crippen molar-refractivity contribution in [3.05, 3.63) is 41.3 Å². The van der Waals surface area contributed by atoms with Crippen LogP contribution in [0, 0.1) is 13.8 Å². The van der Waals surface area contributed by atoms with E-state index in [1.165, 1.54) is 9.87 Å². The van der Waals surface area contributed by atoms with Crippen molar-refractivity contribution in [2.75, 3.05) is 44.2 Å². The van der Waals surface area contributed by atoms with Gasteiger partial charge in [0, 0.05) is 38.4 Å². The zero-order valence-corrected chi connectivity index (χ0v) is 17.6. The molecule has 2 aliphatic heterocycles. The van der Waals surface area contributed by atoms with Gasteiger partial charge in [-0.1, -0.05) is 23.4 Å². The number of rotatable bonds is 4. The summed E-state index contributed by atoms with van der Waals surface area (Å²) in [5, 5.41) is 3.75. The first-order valence-electron chi connectivity index (χ1n) is 9.91. The molecule has 0 saturated carbocycles. The van der Waals surface area contributed by atoms with Gasteiger partial charge in [-0.2, -0.15) is 4.31 Å². The SMILES string of the molecule is Cc1noc(C)c1S(=O)(=O)N1CCN(C(=O)CN2CCCc3ccccc32)CC1. The van der Waals surface area contributed by atoms with E-state index in [0.29, 0.717) is 31.1 Å². The summed E-state index contributed by atoms with van der Waals surface area (Å²) in [4.78, 5) is 16.9. The second-order valence-corrected chi connectivity index (χ2v) is 9.47. The van der Waals surface area contributed by atoms with E-state index in [-0.39, 0.29) is 23.9 Å². The van der Waals surface area contributed by atoms with Gasteiger partial charge < -0.3 is 14.3 Å². The third kappa shape index (κ3) is 3.76. The van der Waals surface area contributed by atoms with Gasteiger partial charge >= 0.3 is 0 Å². The molecule has 2 aromatic rings. The number of benzene rings is 1. The molecule has 0 bridgehead atoms. The van der Waals surface area contributed by atoms with Crippen molar-refractivity contribution in [2.24, 2.45) is 0 Å². The first-order valence-corrected chi connectivity index (χ1v) is 11.4. The van der Waals surface area contributed by atoms with Crippen LogP contribution in [0.4, 0.5) is 5.69 Å². The second kappa shape index (κ2) is 7.79. The predicted molar refractivity (Wildman–Crippen MR) is 108 cm³/mol. The van der Waals surface area contributed by atoms with Gasteiger partial charge in [0.05, 0.1) is 6.54 Å². The maximum absolute atomic E-state index is 12.9. The van der Waals surface area contributed by atoms with Crippen molar-refractivity contribution in [2.45, 2.75) is 31.6 Å². The summed E-state index contributed by atoms with van der Waals surface area (Å²) >= 11 is 0. The Morgan fingerprint density at radius 2 is 1.83 bits per heavy atom.